The molecule has 32 heavy (non-hydrogen) atoms. The van der Waals surface area contributed by atoms with Gasteiger partial charge in [0.2, 0.25) is 5.91 Å². The molecule has 4 N–H and O–H groups in total. The van der Waals surface area contributed by atoms with Gasteiger partial charge in [-0.15, -0.1) is 11.3 Å². The Morgan fingerprint density at radius 3 is 2.62 bits per heavy atom. The Bertz CT molecular complexity index is 1080. The first kappa shape index (κ1) is 22.0. The summed E-state index contributed by atoms with van der Waals surface area (Å²) in [7, 11) is 0. The first-order valence-corrected chi connectivity index (χ1v) is 11.5. The van der Waals surface area contributed by atoms with Crippen molar-refractivity contribution < 1.29 is 19.2 Å². The minimum Gasteiger partial charge on any atom is -0.365 e. The molecule has 1 saturated heterocycles. The second-order valence-corrected chi connectivity index (χ2v) is 9.57. The Labute approximate surface area is 190 Å². The van der Waals surface area contributed by atoms with Crippen LogP contribution in [-0.4, -0.2) is 40.7 Å². The van der Waals surface area contributed by atoms with E-state index in [0.29, 0.717) is 23.4 Å². The van der Waals surface area contributed by atoms with Crippen LogP contribution in [0.25, 0.3) is 0 Å². The number of thiophene rings is 1. The maximum Gasteiger partial charge on any atom is 0.325 e. The smallest absolute Gasteiger partial charge is 0.325 e. The highest BCUT2D eigenvalue weighted by Gasteiger charge is 2.47. The third kappa shape index (κ3) is 4.25. The number of anilines is 1. The van der Waals surface area contributed by atoms with E-state index in [1.54, 1.807) is 6.92 Å². The van der Waals surface area contributed by atoms with Gasteiger partial charge in [-0.05, 0) is 56.6 Å². The van der Waals surface area contributed by atoms with Gasteiger partial charge >= 0.3 is 6.03 Å². The summed E-state index contributed by atoms with van der Waals surface area (Å²) in [5.41, 5.74) is 6.82. The zero-order valence-electron chi connectivity index (χ0n) is 17.9. The molecule has 9 heteroatoms. The number of nitrogens with two attached hydrogens (primary N) is 1. The predicted molar refractivity (Wildman–Crippen MR) is 122 cm³/mol. The molecule has 1 aromatic carbocycles. The number of fused-ring (bicyclic) bond motifs is 1. The van der Waals surface area contributed by atoms with Crippen molar-refractivity contribution in [2.75, 3.05) is 11.9 Å². The molecule has 1 aliphatic heterocycles. The molecule has 8 nitrogen and oxygen atoms in total. The molecule has 168 valence electrons. The molecule has 1 aromatic heterocycles. The first-order valence-electron chi connectivity index (χ1n) is 10.7. The summed E-state index contributed by atoms with van der Waals surface area (Å²) in [6.45, 7) is 1.25. The number of nitrogens with zero attached hydrogens (tertiary/aromatic N) is 1. The highest BCUT2D eigenvalue weighted by atomic mass is 32.1. The molecule has 0 bridgehead atoms. The minimum absolute atomic E-state index is 0.350. The highest BCUT2D eigenvalue weighted by molar-refractivity contribution is 7.17. The molecule has 2 heterocycles. The van der Waals surface area contributed by atoms with Gasteiger partial charge in [0, 0.05) is 4.88 Å². The molecule has 4 rings (SSSR count). The Morgan fingerprint density at radius 1 is 1.19 bits per heavy atom. The number of carbonyl (C=O) groups excluding carboxylic acids is 4. The number of benzene rings is 1. The molecule has 2 aliphatic rings. The van der Waals surface area contributed by atoms with Crippen molar-refractivity contribution in [2.24, 2.45) is 5.73 Å². The van der Waals surface area contributed by atoms with E-state index in [0.717, 1.165) is 46.6 Å². The summed E-state index contributed by atoms with van der Waals surface area (Å²) in [5, 5.41) is 5.83. The number of carbonyl (C=O) groups is 4. The Hall–Kier alpha value is -3.20. The zero-order valence-corrected chi connectivity index (χ0v) is 18.7. The first-order chi connectivity index (χ1) is 15.3. The van der Waals surface area contributed by atoms with E-state index in [1.165, 1.54) is 11.3 Å². The fourth-order valence-electron chi connectivity index (χ4n) is 4.32. The fraction of sp³-hybridized carbons (Fsp3) is 0.391. The van der Waals surface area contributed by atoms with Crippen LogP contribution in [0.2, 0.25) is 0 Å². The fourth-order valence-corrected chi connectivity index (χ4v) is 5.63. The summed E-state index contributed by atoms with van der Waals surface area (Å²) in [6.07, 6.45) is 4.65. The van der Waals surface area contributed by atoms with Crippen molar-refractivity contribution in [2.45, 2.75) is 51.0 Å². The van der Waals surface area contributed by atoms with Gasteiger partial charge < -0.3 is 16.4 Å². The second-order valence-electron chi connectivity index (χ2n) is 8.47. The quantitative estimate of drug-likeness (QED) is 0.557. The van der Waals surface area contributed by atoms with Crippen LogP contribution in [0.5, 0.6) is 0 Å². The SMILES string of the molecule is C[C@@]1(CCc2ccccc2)NC(=O)N(CC(=O)Nc2sc3c(c2C(N)=O)CCCC3)C1=O. The lowest BCUT2D eigenvalue weighted by Crippen LogP contribution is -2.45. The van der Waals surface area contributed by atoms with E-state index in [-0.39, 0.29) is 0 Å². The molecule has 1 fully saturated rings. The van der Waals surface area contributed by atoms with Gasteiger partial charge in [-0.3, -0.25) is 19.3 Å². The lowest BCUT2D eigenvalue weighted by molar-refractivity contribution is -0.133. The normalized spacial score (nSPS) is 20.1. The molecule has 0 radical (unpaired) electrons. The third-order valence-corrected chi connectivity index (χ3v) is 7.28. The molecule has 0 unspecified atom stereocenters. The van der Waals surface area contributed by atoms with Gasteiger partial charge in [0.1, 0.15) is 17.1 Å². The van der Waals surface area contributed by atoms with Crippen LogP contribution in [0, 0.1) is 0 Å². The molecule has 2 aromatic rings. The maximum atomic E-state index is 13.0. The Kier molecular flexibility index (Phi) is 6.01. The van der Waals surface area contributed by atoms with E-state index < -0.39 is 35.8 Å². The highest BCUT2D eigenvalue weighted by Crippen LogP contribution is 2.38. The number of imide groups is 1. The number of rotatable bonds is 7. The van der Waals surface area contributed by atoms with Crippen molar-refractivity contribution in [3.05, 3.63) is 51.9 Å². The van der Waals surface area contributed by atoms with Crippen LogP contribution in [0.15, 0.2) is 30.3 Å². The molecule has 1 atom stereocenters. The maximum absolute atomic E-state index is 13.0. The van der Waals surface area contributed by atoms with Gasteiger partial charge in [0.25, 0.3) is 11.8 Å². The van der Waals surface area contributed by atoms with Crippen molar-refractivity contribution in [3.8, 4) is 0 Å². The standard InChI is InChI=1S/C23H26N4O4S/c1-23(12-11-14-7-3-2-4-8-14)21(30)27(22(31)26-23)13-17(28)25-20-18(19(24)29)15-9-5-6-10-16(15)32-20/h2-4,7-8H,5-6,9-13H2,1H3,(H2,24,29)(H,25,28)(H,26,31)/t23-/m0/s1. The van der Waals surface area contributed by atoms with Crippen LogP contribution in [0.3, 0.4) is 0 Å². The Morgan fingerprint density at radius 2 is 1.91 bits per heavy atom. The molecule has 1 aliphatic carbocycles. The van der Waals surface area contributed by atoms with E-state index in [4.69, 9.17) is 5.73 Å². The number of primary amides is 1. The number of aryl methyl sites for hydroxylation is 2. The van der Waals surface area contributed by atoms with E-state index in [9.17, 15) is 19.2 Å². The third-order valence-electron chi connectivity index (χ3n) is 6.07. The zero-order chi connectivity index (χ0) is 22.9. The molecular formula is C23H26N4O4S. The summed E-state index contributed by atoms with van der Waals surface area (Å²) >= 11 is 1.35. The lowest BCUT2D eigenvalue weighted by Gasteiger charge is -2.21. The topological polar surface area (TPSA) is 122 Å². The number of urea groups is 1. The van der Waals surface area contributed by atoms with Crippen molar-refractivity contribution >= 4 is 40.1 Å². The van der Waals surface area contributed by atoms with E-state index in [1.807, 2.05) is 30.3 Å². The minimum atomic E-state index is -1.08. The summed E-state index contributed by atoms with van der Waals surface area (Å²) in [4.78, 5) is 52.2. The summed E-state index contributed by atoms with van der Waals surface area (Å²) < 4.78 is 0. The van der Waals surface area contributed by atoms with Gasteiger partial charge in [-0.25, -0.2) is 4.79 Å². The van der Waals surface area contributed by atoms with E-state index >= 15 is 0 Å². The monoisotopic (exact) mass is 454 g/mol. The number of nitrogens with one attached hydrogen (secondary N) is 2. The van der Waals surface area contributed by atoms with E-state index in [2.05, 4.69) is 10.6 Å². The number of hydrogen-bond acceptors (Lipinski definition) is 5. The van der Waals surface area contributed by atoms with Crippen LogP contribution in [0.1, 0.15) is 52.5 Å². The van der Waals surface area contributed by atoms with Gasteiger partial charge in [0.05, 0.1) is 5.56 Å². The average molecular weight is 455 g/mol. The van der Waals surface area contributed by atoms with Crippen molar-refractivity contribution in [1.29, 1.82) is 0 Å². The van der Waals surface area contributed by atoms with Gasteiger partial charge in [-0.2, -0.15) is 0 Å². The molecule has 5 amide bonds. The average Bonchev–Trinajstić information content (AvgIpc) is 3.23. The summed E-state index contributed by atoms with van der Waals surface area (Å²) in [5.74, 6) is -1.56. The van der Waals surface area contributed by atoms with Gasteiger partial charge in [0.15, 0.2) is 0 Å². The Balaban J connectivity index is 1.43. The second kappa shape index (κ2) is 8.74. The van der Waals surface area contributed by atoms with Crippen LogP contribution in [-0.2, 0) is 28.9 Å². The van der Waals surface area contributed by atoms with Crippen LogP contribution in [0.4, 0.5) is 9.80 Å². The van der Waals surface area contributed by atoms with Crippen molar-refractivity contribution in [1.82, 2.24) is 10.2 Å². The summed E-state index contributed by atoms with van der Waals surface area (Å²) in [6, 6.07) is 9.10. The van der Waals surface area contributed by atoms with Crippen LogP contribution >= 0.6 is 11.3 Å². The number of amides is 5. The molecular weight excluding hydrogens is 428 g/mol. The largest absolute Gasteiger partial charge is 0.365 e. The van der Waals surface area contributed by atoms with Crippen molar-refractivity contribution in [3.63, 3.8) is 0 Å². The predicted octanol–water partition coefficient (Wildman–Crippen LogP) is 2.61. The molecule has 0 spiro atoms. The lowest BCUT2D eigenvalue weighted by atomic mass is 9.93. The van der Waals surface area contributed by atoms with Crippen LogP contribution < -0.4 is 16.4 Å². The van der Waals surface area contributed by atoms with Gasteiger partial charge in [-0.1, -0.05) is 30.3 Å². The molecule has 0 saturated carbocycles. The number of hydrogen-bond donors (Lipinski definition) is 3.